The smallest absolute Gasteiger partial charge is 0.251 e. The molecule has 4 rings (SSSR count). The highest BCUT2D eigenvalue weighted by Crippen LogP contribution is 2.24. The van der Waals surface area contributed by atoms with E-state index in [1.54, 1.807) is 31.4 Å². The molecule has 1 amide bonds. The van der Waals surface area contributed by atoms with E-state index in [-0.39, 0.29) is 5.91 Å². The summed E-state index contributed by atoms with van der Waals surface area (Å²) in [4.78, 5) is 17.1. The largest absolute Gasteiger partial charge is 0.497 e. The molecule has 0 unspecified atom stereocenters. The Morgan fingerprint density at radius 1 is 1.00 bits per heavy atom. The first-order valence-corrected chi connectivity index (χ1v) is 11.7. The quantitative estimate of drug-likeness (QED) is 0.520. The van der Waals surface area contributed by atoms with Crippen molar-refractivity contribution in [2.24, 2.45) is 0 Å². The minimum absolute atomic E-state index is 0.0841. The summed E-state index contributed by atoms with van der Waals surface area (Å²) in [6.45, 7) is 3.46. The van der Waals surface area contributed by atoms with Crippen LogP contribution in [0.4, 0.5) is 5.69 Å². The topological polar surface area (TPSA) is 44.8 Å². The lowest BCUT2D eigenvalue weighted by Gasteiger charge is -2.27. The Bertz CT molecular complexity index is 1130. The van der Waals surface area contributed by atoms with Crippen molar-refractivity contribution in [2.45, 2.75) is 19.5 Å². The molecule has 176 valence electrons. The zero-order valence-corrected chi connectivity index (χ0v) is 20.3. The van der Waals surface area contributed by atoms with Gasteiger partial charge in [-0.3, -0.25) is 9.69 Å². The van der Waals surface area contributed by atoms with Crippen molar-refractivity contribution < 1.29 is 9.53 Å². The van der Waals surface area contributed by atoms with Gasteiger partial charge in [-0.15, -0.1) is 0 Å². The number of nitrogens with one attached hydrogen (secondary N) is 1. The van der Waals surface area contributed by atoms with Gasteiger partial charge in [-0.25, -0.2) is 0 Å². The Morgan fingerprint density at radius 2 is 1.76 bits per heavy atom. The van der Waals surface area contributed by atoms with Crippen molar-refractivity contribution >= 4 is 17.2 Å². The minimum atomic E-state index is -0.0841. The Kier molecular flexibility index (Phi) is 7.65. The molecule has 1 N–H and O–H groups in total. The summed E-state index contributed by atoms with van der Waals surface area (Å²) in [6.07, 6.45) is 3.37. The highest BCUT2D eigenvalue weighted by Gasteiger charge is 2.14. The highest BCUT2D eigenvalue weighted by atomic mass is 16.5. The average Bonchev–Trinajstić information content (AvgIpc) is 2.88. The molecule has 0 radical (unpaired) electrons. The number of amides is 1. The van der Waals surface area contributed by atoms with Crippen LogP contribution in [0.3, 0.4) is 0 Å². The third-order valence-electron chi connectivity index (χ3n) is 6.26. The molecule has 0 spiro atoms. The molecule has 0 bridgehead atoms. The third-order valence-corrected chi connectivity index (χ3v) is 6.26. The van der Waals surface area contributed by atoms with E-state index in [4.69, 9.17) is 4.74 Å². The second-order valence-electron chi connectivity index (χ2n) is 8.89. The molecule has 0 aliphatic carbocycles. The van der Waals surface area contributed by atoms with Crippen LogP contribution < -0.4 is 15.0 Å². The fourth-order valence-electron chi connectivity index (χ4n) is 4.18. The monoisotopic (exact) mass is 455 g/mol. The van der Waals surface area contributed by atoms with Crippen LogP contribution in [0.2, 0.25) is 0 Å². The number of anilines is 1. The van der Waals surface area contributed by atoms with Gasteiger partial charge < -0.3 is 15.0 Å². The fourth-order valence-corrected chi connectivity index (χ4v) is 4.18. The molecule has 0 saturated heterocycles. The molecular formula is C29H33N3O2. The van der Waals surface area contributed by atoms with Crippen LogP contribution in [0, 0.1) is 0 Å². The summed E-state index contributed by atoms with van der Waals surface area (Å²) >= 11 is 0. The number of carbonyl (C=O) groups excluding carboxylic acids is 1. The summed E-state index contributed by atoms with van der Waals surface area (Å²) < 4.78 is 5.16. The van der Waals surface area contributed by atoms with Gasteiger partial charge >= 0.3 is 0 Å². The molecule has 0 aromatic heterocycles. The van der Waals surface area contributed by atoms with Gasteiger partial charge in [0, 0.05) is 51.5 Å². The number of hydrogen-bond acceptors (Lipinski definition) is 4. The van der Waals surface area contributed by atoms with Crippen molar-refractivity contribution in [3.8, 4) is 5.75 Å². The number of methoxy groups -OCH3 is 1. The van der Waals surface area contributed by atoms with E-state index in [1.165, 1.54) is 22.4 Å². The summed E-state index contributed by atoms with van der Waals surface area (Å²) in [6, 6.07) is 24.4. The molecule has 0 saturated carbocycles. The van der Waals surface area contributed by atoms with Crippen LogP contribution in [0.1, 0.15) is 33.5 Å². The first-order chi connectivity index (χ1) is 16.5. The second-order valence-corrected chi connectivity index (χ2v) is 8.89. The van der Waals surface area contributed by atoms with Gasteiger partial charge in [0.1, 0.15) is 5.75 Å². The van der Waals surface area contributed by atoms with Crippen molar-refractivity contribution in [1.29, 1.82) is 0 Å². The molecule has 1 aliphatic rings. The lowest BCUT2D eigenvalue weighted by atomic mass is 9.97. The SMILES string of the molecule is COc1ccc(C(=O)NCc2cccc(C3=CCN(Cc4ccc(N(C)C)cc4)CC3)c2)cc1. The Labute approximate surface area is 202 Å². The number of carbonyl (C=O) groups is 1. The maximum Gasteiger partial charge on any atom is 0.251 e. The molecule has 1 heterocycles. The van der Waals surface area contributed by atoms with Gasteiger partial charge in [0.2, 0.25) is 0 Å². The van der Waals surface area contributed by atoms with Gasteiger partial charge in [-0.1, -0.05) is 36.4 Å². The Morgan fingerprint density at radius 3 is 2.41 bits per heavy atom. The predicted molar refractivity (Wildman–Crippen MR) is 139 cm³/mol. The minimum Gasteiger partial charge on any atom is -0.497 e. The van der Waals surface area contributed by atoms with Gasteiger partial charge in [0.15, 0.2) is 0 Å². The number of ether oxygens (including phenoxy) is 1. The second kappa shape index (κ2) is 11.0. The summed E-state index contributed by atoms with van der Waals surface area (Å²) in [5.41, 5.74) is 6.92. The zero-order chi connectivity index (χ0) is 23.9. The number of benzene rings is 3. The number of rotatable bonds is 8. The van der Waals surface area contributed by atoms with Crippen molar-refractivity contribution in [3.63, 3.8) is 0 Å². The molecular weight excluding hydrogens is 422 g/mol. The normalized spacial score (nSPS) is 13.8. The summed E-state index contributed by atoms with van der Waals surface area (Å²) in [7, 11) is 5.75. The van der Waals surface area contributed by atoms with E-state index < -0.39 is 0 Å². The third kappa shape index (κ3) is 6.06. The zero-order valence-electron chi connectivity index (χ0n) is 20.3. The molecule has 5 heteroatoms. The van der Waals surface area contributed by atoms with Crippen LogP contribution >= 0.6 is 0 Å². The van der Waals surface area contributed by atoms with Crippen LogP contribution in [0.15, 0.2) is 78.9 Å². The van der Waals surface area contributed by atoms with Gasteiger partial charge in [-0.05, 0) is 71.1 Å². The average molecular weight is 456 g/mol. The first-order valence-electron chi connectivity index (χ1n) is 11.7. The van der Waals surface area contributed by atoms with Crippen molar-refractivity contribution in [3.05, 3.63) is 101 Å². The Hall–Kier alpha value is -3.57. The van der Waals surface area contributed by atoms with Gasteiger partial charge in [-0.2, -0.15) is 0 Å². The molecule has 3 aromatic rings. The van der Waals surface area contributed by atoms with Gasteiger partial charge in [0.25, 0.3) is 5.91 Å². The Balaban J connectivity index is 1.32. The number of nitrogens with zero attached hydrogens (tertiary/aromatic N) is 2. The molecule has 34 heavy (non-hydrogen) atoms. The standard InChI is InChI=1S/C29H33N3O2/c1-31(2)27-11-7-22(8-12-27)21-32-17-15-24(16-18-32)26-6-4-5-23(19-26)20-30-29(33)25-9-13-28(34-3)14-10-25/h4-15,19H,16-18,20-21H2,1-3H3,(H,30,33). The van der Waals surface area contributed by atoms with Crippen LogP contribution in [0.5, 0.6) is 5.75 Å². The van der Waals surface area contributed by atoms with Crippen molar-refractivity contribution in [1.82, 2.24) is 10.2 Å². The molecule has 3 aromatic carbocycles. The molecule has 5 nitrogen and oxygen atoms in total. The van der Waals surface area contributed by atoms with Crippen molar-refractivity contribution in [2.75, 3.05) is 39.2 Å². The predicted octanol–water partition coefficient (Wildman–Crippen LogP) is 4.98. The van der Waals surface area contributed by atoms with E-state index in [2.05, 4.69) is 83.8 Å². The van der Waals surface area contributed by atoms with E-state index in [0.29, 0.717) is 12.1 Å². The highest BCUT2D eigenvalue weighted by molar-refractivity contribution is 5.94. The van der Waals surface area contributed by atoms with Crippen LogP contribution in [-0.2, 0) is 13.1 Å². The summed E-state index contributed by atoms with van der Waals surface area (Å²) in [5, 5.41) is 3.02. The van der Waals surface area contributed by atoms with E-state index in [0.717, 1.165) is 37.4 Å². The maximum atomic E-state index is 12.5. The molecule has 0 fully saturated rings. The molecule has 1 aliphatic heterocycles. The van der Waals surface area contributed by atoms with Crippen LogP contribution in [-0.4, -0.2) is 45.1 Å². The van der Waals surface area contributed by atoms with E-state index >= 15 is 0 Å². The van der Waals surface area contributed by atoms with Crippen LogP contribution in [0.25, 0.3) is 5.57 Å². The molecule has 0 atom stereocenters. The summed E-state index contributed by atoms with van der Waals surface area (Å²) in [5.74, 6) is 0.657. The van der Waals surface area contributed by atoms with Gasteiger partial charge in [0.05, 0.1) is 7.11 Å². The fraction of sp³-hybridized carbons (Fsp3) is 0.276. The lowest BCUT2D eigenvalue weighted by molar-refractivity contribution is 0.0951. The first kappa shape index (κ1) is 23.6. The lowest BCUT2D eigenvalue weighted by Crippen LogP contribution is -2.28. The van der Waals surface area contributed by atoms with E-state index in [1.807, 2.05) is 0 Å². The van der Waals surface area contributed by atoms with E-state index in [9.17, 15) is 4.79 Å². The maximum absolute atomic E-state index is 12.5. The number of hydrogen-bond donors (Lipinski definition) is 1.